The van der Waals surface area contributed by atoms with Crippen molar-refractivity contribution < 1.29 is 0 Å². The first kappa shape index (κ1) is 11.0. The van der Waals surface area contributed by atoms with Gasteiger partial charge in [0.05, 0.1) is 0 Å². The van der Waals surface area contributed by atoms with Gasteiger partial charge in [-0.15, -0.1) is 5.10 Å². The number of guanidine groups is 1. The van der Waals surface area contributed by atoms with Crippen LogP contribution in [0.25, 0.3) is 0 Å². The summed E-state index contributed by atoms with van der Waals surface area (Å²) in [5.41, 5.74) is 10.8. The van der Waals surface area contributed by atoms with E-state index in [9.17, 15) is 0 Å². The Labute approximate surface area is 85.5 Å². The van der Waals surface area contributed by atoms with Gasteiger partial charge >= 0.3 is 0 Å². The van der Waals surface area contributed by atoms with E-state index in [4.69, 9.17) is 11.5 Å². The summed E-state index contributed by atoms with van der Waals surface area (Å²) in [5.74, 6) is 0.573. The molecule has 0 saturated heterocycles. The second-order valence-corrected chi connectivity index (χ2v) is 4.79. The van der Waals surface area contributed by atoms with Gasteiger partial charge in [-0.05, 0) is 37.0 Å². The first-order valence-corrected chi connectivity index (χ1v) is 5.12. The minimum absolute atomic E-state index is 0.0254. The Morgan fingerprint density at radius 1 is 1.29 bits per heavy atom. The van der Waals surface area contributed by atoms with E-state index in [0.29, 0.717) is 11.3 Å². The normalized spacial score (nSPS) is 22.4. The summed E-state index contributed by atoms with van der Waals surface area (Å²) in [4.78, 5) is 0. The van der Waals surface area contributed by atoms with Crippen LogP contribution in [0.5, 0.6) is 0 Å². The fraction of sp³-hybridized carbons (Fsp3) is 0.800. The molecule has 0 unspecified atom stereocenters. The van der Waals surface area contributed by atoms with E-state index >= 15 is 0 Å². The number of nitrogens with zero attached hydrogens (tertiary/aromatic N) is 2. The summed E-state index contributed by atoms with van der Waals surface area (Å²) in [5, 5.41) is 7.45. The molecule has 0 heterocycles. The maximum absolute atomic E-state index is 5.17. The standard InChI is InChI=1S/C10H20N4/c1-10(2)5-3-8(4-6-10)7-13-14-9(11)12/h7-8H,3-6H2,1-2H3,(H4,11,12,14)/b13-7+. The van der Waals surface area contributed by atoms with Gasteiger partial charge in [-0.25, -0.2) is 0 Å². The molecule has 4 heteroatoms. The Balaban J connectivity index is 2.36. The molecule has 1 saturated carbocycles. The maximum Gasteiger partial charge on any atom is 0.211 e. The number of rotatable bonds is 2. The molecule has 0 aliphatic heterocycles. The van der Waals surface area contributed by atoms with Crippen LogP contribution in [0.2, 0.25) is 0 Å². The molecular formula is C10H20N4. The summed E-state index contributed by atoms with van der Waals surface area (Å²) < 4.78 is 0. The number of nitrogens with two attached hydrogens (primary N) is 2. The summed E-state index contributed by atoms with van der Waals surface area (Å²) in [6.45, 7) is 4.63. The van der Waals surface area contributed by atoms with Gasteiger partial charge < -0.3 is 11.5 Å². The van der Waals surface area contributed by atoms with E-state index < -0.39 is 0 Å². The Morgan fingerprint density at radius 2 is 1.86 bits per heavy atom. The molecule has 14 heavy (non-hydrogen) atoms. The van der Waals surface area contributed by atoms with Crippen molar-refractivity contribution in [1.29, 1.82) is 0 Å². The lowest BCUT2D eigenvalue weighted by Gasteiger charge is -2.32. The Morgan fingerprint density at radius 3 is 2.36 bits per heavy atom. The third kappa shape index (κ3) is 3.77. The highest BCUT2D eigenvalue weighted by Gasteiger charge is 2.25. The van der Waals surface area contributed by atoms with Crippen LogP contribution < -0.4 is 11.5 Å². The van der Waals surface area contributed by atoms with Gasteiger partial charge in [0, 0.05) is 6.21 Å². The lowest BCUT2D eigenvalue weighted by atomic mass is 9.73. The van der Waals surface area contributed by atoms with Crippen LogP contribution in [-0.2, 0) is 0 Å². The second-order valence-electron chi connectivity index (χ2n) is 4.79. The summed E-state index contributed by atoms with van der Waals surface area (Å²) in [6.07, 6.45) is 6.76. The zero-order valence-electron chi connectivity index (χ0n) is 9.03. The molecule has 0 amide bonds. The van der Waals surface area contributed by atoms with E-state index in [1.807, 2.05) is 6.21 Å². The van der Waals surface area contributed by atoms with Gasteiger partial charge in [0.2, 0.25) is 5.96 Å². The topological polar surface area (TPSA) is 76.8 Å². The molecule has 0 aromatic rings. The van der Waals surface area contributed by atoms with Crippen LogP contribution in [-0.4, -0.2) is 12.2 Å². The van der Waals surface area contributed by atoms with E-state index in [-0.39, 0.29) is 5.96 Å². The smallest absolute Gasteiger partial charge is 0.211 e. The van der Waals surface area contributed by atoms with Gasteiger partial charge in [0.1, 0.15) is 0 Å². The van der Waals surface area contributed by atoms with E-state index in [0.717, 1.165) is 0 Å². The van der Waals surface area contributed by atoms with Crippen molar-refractivity contribution >= 4 is 12.2 Å². The summed E-state index contributed by atoms with van der Waals surface area (Å²) >= 11 is 0. The Bertz CT molecular complexity index is 229. The molecule has 0 spiro atoms. The lowest BCUT2D eigenvalue weighted by Crippen LogP contribution is -2.23. The predicted molar refractivity (Wildman–Crippen MR) is 60.0 cm³/mol. The third-order valence-electron chi connectivity index (χ3n) is 2.83. The van der Waals surface area contributed by atoms with Crippen LogP contribution in [0.1, 0.15) is 39.5 Å². The molecule has 0 bridgehead atoms. The predicted octanol–water partition coefficient (Wildman–Crippen LogP) is 1.46. The van der Waals surface area contributed by atoms with E-state index in [1.165, 1.54) is 25.7 Å². The Kier molecular flexibility index (Phi) is 3.49. The van der Waals surface area contributed by atoms with Crippen LogP contribution in [0, 0.1) is 11.3 Å². The molecular weight excluding hydrogens is 176 g/mol. The molecule has 80 valence electrons. The number of hydrogen-bond donors (Lipinski definition) is 2. The molecule has 1 aliphatic carbocycles. The maximum atomic E-state index is 5.17. The van der Waals surface area contributed by atoms with Gasteiger partial charge in [-0.3, -0.25) is 0 Å². The molecule has 0 aromatic carbocycles. The summed E-state index contributed by atoms with van der Waals surface area (Å²) in [7, 11) is 0. The van der Waals surface area contributed by atoms with Gasteiger partial charge in [0.25, 0.3) is 0 Å². The largest absolute Gasteiger partial charge is 0.369 e. The highest BCUT2D eigenvalue weighted by molar-refractivity contribution is 5.76. The van der Waals surface area contributed by atoms with Crippen molar-refractivity contribution in [3.63, 3.8) is 0 Å². The fourth-order valence-electron chi connectivity index (χ4n) is 1.76. The molecule has 4 nitrogen and oxygen atoms in total. The first-order chi connectivity index (χ1) is 6.49. The van der Waals surface area contributed by atoms with E-state index in [1.54, 1.807) is 0 Å². The number of hydrogen-bond acceptors (Lipinski definition) is 2. The highest BCUT2D eigenvalue weighted by Crippen LogP contribution is 2.37. The first-order valence-electron chi connectivity index (χ1n) is 5.12. The lowest BCUT2D eigenvalue weighted by molar-refractivity contribution is 0.223. The van der Waals surface area contributed by atoms with Crippen molar-refractivity contribution in [3.05, 3.63) is 0 Å². The molecule has 1 fully saturated rings. The van der Waals surface area contributed by atoms with Crippen LogP contribution in [0.4, 0.5) is 0 Å². The molecule has 0 radical (unpaired) electrons. The highest BCUT2D eigenvalue weighted by atomic mass is 15.3. The van der Waals surface area contributed by atoms with Crippen LogP contribution in [0.3, 0.4) is 0 Å². The average molecular weight is 196 g/mol. The van der Waals surface area contributed by atoms with E-state index in [2.05, 4.69) is 24.1 Å². The molecule has 0 atom stereocenters. The van der Waals surface area contributed by atoms with Gasteiger partial charge in [0.15, 0.2) is 0 Å². The van der Waals surface area contributed by atoms with Crippen molar-refractivity contribution in [2.45, 2.75) is 39.5 Å². The Hall–Kier alpha value is -1.06. The van der Waals surface area contributed by atoms with Crippen LogP contribution in [0.15, 0.2) is 10.2 Å². The SMILES string of the molecule is CC1(C)CCC(/C=N/N=C(N)N)CC1. The van der Waals surface area contributed by atoms with Crippen LogP contribution >= 0.6 is 0 Å². The van der Waals surface area contributed by atoms with Crippen molar-refractivity contribution in [2.24, 2.45) is 33.0 Å². The molecule has 1 aliphatic rings. The zero-order chi connectivity index (χ0) is 10.6. The molecule has 0 aromatic heterocycles. The quantitative estimate of drug-likeness (QED) is 0.398. The summed E-state index contributed by atoms with van der Waals surface area (Å²) in [6, 6.07) is 0. The molecule has 4 N–H and O–H groups in total. The minimum Gasteiger partial charge on any atom is -0.369 e. The fourth-order valence-corrected chi connectivity index (χ4v) is 1.76. The monoisotopic (exact) mass is 196 g/mol. The molecule has 1 rings (SSSR count). The minimum atomic E-state index is 0.0254. The van der Waals surface area contributed by atoms with Gasteiger partial charge in [-0.2, -0.15) is 5.10 Å². The van der Waals surface area contributed by atoms with Crippen molar-refractivity contribution in [3.8, 4) is 0 Å². The van der Waals surface area contributed by atoms with Crippen molar-refractivity contribution in [2.75, 3.05) is 0 Å². The van der Waals surface area contributed by atoms with Crippen molar-refractivity contribution in [1.82, 2.24) is 0 Å². The van der Waals surface area contributed by atoms with Gasteiger partial charge in [-0.1, -0.05) is 13.8 Å². The second kappa shape index (κ2) is 4.44. The average Bonchev–Trinajstić information content (AvgIpc) is 2.07. The third-order valence-corrected chi connectivity index (χ3v) is 2.83. The zero-order valence-corrected chi connectivity index (χ0v) is 9.03.